The molecule has 0 saturated heterocycles. The summed E-state index contributed by atoms with van der Waals surface area (Å²) in [5.74, 6) is -0.411. The molecule has 0 amide bonds. The number of pyridine rings is 1. The van der Waals surface area contributed by atoms with Crippen LogP contribution in [-0.2, 0) is 0 Å². The summed E-state index contributed by atoms with van der Waals surface area (Å²) in [6.07, 6.45) is 5.32. The first kappa shape index (κ1) is 11.9. The van der Waals surface area contributed by atoms with Gasteiger partial charge < -0.3 is 4.98 Å². The van der Waals surface area contributed by atoms with Crippen LogP contribution in [0.25, 0.3) is 22.4 Å². The number of aromatic amines is 1. The van der Waals surface area contributed by atoms with Gasteiger partial charge in [0.05, 0.1) is 10.7 Å². The highest BCUT2D eigenvalue weighted by atomic mass is 35.5. The van der Waals surface area contributed by atoms with E-state index in [4.69, 9.17) is 11.6 Å². The summed E-state index contributed by atoms with van der Waals surface area (Å²) >= 11 is 5.83. The van der Waals surface area contributed by atoms with Gasteiger partial charge in [0.2, 0.25) is 0 Å². The number of aromatic nitrogens is 2. The van der Waals surface area contributed by atoms with E-state index in [-0.39, 0.29) is 5.02 Å². The molecule has 1 N–H and O–H groups in total. The number of rotatable bonds is 2. The molecule has 0 aliphatic heterocycles. The summed E-state index contributed by atoms with van der Waals surface area (Å²) in [4.78, 5) is 7.19. The monoisotopic (exact) mass is 272 g/mol. The van der Waals surface area contributed by atoms with Crippen LogP contribution in [0.5, 0.6) is 0 Å². The zero-order chi connectivity index (χ0) is 13.2. The molecule has 0 radical (unpaired) electrons. The second kappa shape index (κ2) is 4.86. The van der Waals surface area contributed by atoms with Crippen molar-refractivity contribution in [2.75, 3.05) is 0 Å². The van der Waals surface area contributed by atoms with Crippen LogP contribution in [0.15, 0.2) is 55.0 Å². The number of H-pyrrole nitrogens is 1. The highest BCUT2D eigenvalue weighted by Gasteiger charge is 2.10. The number of hydrogen-bond donors (Lipinski definition) is 1. The van der Waals surface area contributed by atoms with Crippen LogP contribution >= 0.6 is 11.6 Å². The number of halogens is 2. The van der Waals surface area contributed by atoms with Gasteiger partial charge in [-0.25, -0.2) is 4.39 Å². The lowest BCUT2D eigenvalue weighted by atomic mass is 10.0. The van der Waals surface area contributed by atoms with E-state index >= 15 is 0 Å². The molecule has 0 aliphatic carbocycles. The molecule has 3 aromatic rings. The van der Waals surface area contributed by atoms with E-state index in [1.165, 1.54) is 6.07 Å². The average molecular weight is 273 g/mol. The van der Waals surface area contributed by atoms with Crippen LogP contribution in [0.2, 0.25) is 5.02 Å². The number of nitrogens with one attached hydrogen (secondary N) is 1. The molecule has 4 heteroatoms. The van der Waals surface area contributed by atoms with Crippen molar-refractivity contribution >= 4 is 11.6 Å². The van der Waals surface area contributed by atoms with Crippen molar-refractivity contribution in [1.82, 2.24) is 9.97 Å². The number of benzene rings is 1. The summed E-state index contributed by atoms with van der Waals surface area (Å²) in [5.41, 5.74) is 3.84. The standard InChI is InChI=1S/C15H10ClFN2/c16-13-9-11(1-2-14(13)17)12-5-8-19-15(12)10-3-6-18-7-4-10/h1-9,19H. The summed E-state index contributed by atoms with van der Waals surface area (Å²) in [6, 6.07) is 10.5. The van der Waals surface area contributed by atoms with Crippen molar-refractivity contribution in [2.45, 2.75) is 0 Å². The van der Waals surface area contributed by atoms with Gasteiger partial charge in [0.25, 0.3) is 0 Å². The Kier molecular flexibility index (Phi) is 3.05. The molecular formula is C15H10ClFN2. The molecule has 0 spiro atoms. The minimum absolute atomic E-state index is 0.124. The van der Waals surface area contributed by atoms with Gasteiger partial charge in [-0.3, -0.25) is 4.98 Å². The minimum Gasteiger partial charge on any atom is -0.361 e. The van der Waals surface area contributed by atoms with Gasteiger partial charge in [0.1, 0.15) is 5.82 Å². The molecule has 1 aromatic carbocycles. The molecule has 2 aromatic heterocycles. The molecule has 2 nitrogen and oxygen atoms in total. The molecule has 0 fully saturated rings. The lowest BCUT2D eigenvalue weighted by Gasteiger charge is -2.05. The molecular weight excluding hydrogens is 263 g/mol. The molecule has 0 atom stereocenters. The van der Waals surface area contributed by atoms with E-state index in [1.54, 1.807) is 24.5 Å². The SMILES string of the molecule is Fc1ccc(-c2cc[nH]c2-c2ccncc2)cc1Cl. The van der Waals surface area contributed by atoms with Crippen LogP contribution in [-0.4, -0.2) is 9.97 Å². The predicted octanol–water partition coefficient (Wildman–Crippen LogP) is 4.54. The smallest absolute Gasteiger partial charge is 0.141 e. The largest absolute Gasteiger partial charge is 0.361 e. The number of nitrogens with zero attached hydrogens (tertiary/aromatic N) is 1. The zero-order valence-electron chi connectivity index (χ0n) is 9.90. The first-order valence-electron chi connectivity index (χ1n) is 5.79. The van der Waals surface area contributed by atoms with E-state index in [9.17, 15) is 4.39 Å². The van der Waals surface area contributed by atoms with E-state index in [0.29, 0.717) is 0 Å². The predicted molar refractivity (Wildman–Crippen MR) is 74.4 cm³/mol. The normalized spacial score (nSPS) is 10.6. The maximum Gasteiger partial charge on any atom is 0.141 e. The van der Waals surface area contributed by atoms with Gasteiger partial charge in [-0.15, -0.1) is 0 Å². The Morgan fingerprint density at radius 3 is 2.53 bits per heavy atom. The fourth-order valence-corrected chi connectivity index (χ4v) is 2.21. The number of hydrogen-bond acceptors (Lipinski definition) is 1. The quantitative estimate of drug-likeness (QED) is 0.729. The van der Waals surface area contributed by atoms with Crippen LogP contribution in [0, 0.1) is 5.82 Å². The first-order valence-corrected chi connectivity index (χ1v) is 6.17. The molecule has 0 bridgehead atoms. The molecule has 94 valence electrons. The van der Waals surface area contributed by atoms with Gasteiger partial charge >= 0.3 is 0 Å². The van der Waals surface area contributed by atoms with Crippen molar-refractivity contribution in [3.05, 3.63) is 65.8 Å². The Morgan fingerprint density at radius 2 is 1.79 bits per heavy atom. The third kappa shape index (κ3) is 2.25. The fraction of sp³-hybridized carbons (Fsp3) is 0. The van der Waals surface area contributed by atoms with Crippen molar-refractivity contribution in [1.29, 1.82) is 0 Å². The molecule has 0 unspecified atom stereocenters. The van der Waals surface area contributed by atoms with Crippen molar-refractivity contribution in [2.24, 2.45) is 0 Å². The maximum absolute atomic E-state index is 13.2. The summed E-state index contributed by atoms with van der Waals surface area (Å²) in [5, 5.41) is 0.124. The Labute approximate surface area is 114 Å². The van der Waals surface area contributed by atoms with Crippen LogP contribution < -0.4 is 0 Å². The molecule has 2 heterocycles. The lowest BCUT2D eigenvalue weighted by Crippen LogP contribution is -1.84. The first-order chi connectivity index (χ1) is 9.25. The van der Waals surface area contributed by atoms with Gasteiger partial charge in [-0.1, -0.05) is 17.7 Å². The van der Waals surface area contributed by atoms with Gasteiger partial charge in [-0.05, 0) is 35.9 Å². The van der Waals surface area contributed by atoms with Gasteiger partial charge in [0, 0.05) is 29.7 Å². The molecule has 3 rings (SSSR count). The third-order valence-corrected chi connectivity index (χ3v) is 3.24. The summed E-state index contributed by atoms with van der Waals surface area (Å²) in [7, 11) is 0. The Bertz CT molecular complexity index is 707. The van der Waals surface area contributed by atoms with E-state index in [0.717, 1.165) is 22.4 Å². The van der Waals surface area contributed by atoms with E-state index in [2.05, 4.69) is 9.97 Å². The average Bonchev–Trinajstić information content (AvgIpc) is 2.92. The molecule has 0 aliphatic rings. The van der Waals surface area contributed by atoms with Crippen LogP contribution in [0.1, 0.15) is 0 Å². The van der Waals surface area contributed by atoms with Crippen molar-refractivity contribution in [3.8, 4) is 22.4 Å². The molecule has 19 heavy (non-hydrogen) atoms. The maximum atomic E-state index is 13.2. The van der Waals surface area contributed by atoms with Crippen molar-refractivity contribution < 1.29 is 4.39 Å². The van der Waals surface area contributed by atoms with Gasteiger partial charge in [-0.2, -0.15) is 0 Å². The topological polar surface area (TPSA) is 28.7 Å². The second-order valence-electron chi connectivity index (χ2n) is 4.13. The Hall–Kier alpha value is -2.13. The van der Waals surface area contributed by atoms with Crippen LogP contribution in [0.3, 0.4) is 0 Å². The fourth-order valence-electron chi connectivity index (χ4n) is 2.03. The summed E-state index contributed by atoms with van der Waals surface area (Å²) in [6.45, 7) is 0. The highest BCUT2D eigenvalue weighted by molar-refractivity contribution is 6.31. The highest BCUT2D eigenvalue weighted by Crippen LogP contribution is 2.32. The Morgan fingerprint density at radius 1 is 1.00 bits per heavy atom. The molecule has 0 saturated carbocycles. The zero-order valence-corrected chi connectivity index (χ0v) is 10.7. The lowest BCUT2D eigenvalue weighted by molar-refractivity contribution is 0.628. The van der Waals surface area contributed by atoms with E-state index < -0.39 is 5.82 Å². The minimum atomic E-state index is -0.411. The van der Waals surface area contributed by atoms with Crippen molar-refractivity contribution in [3.63, 3.8) is 0 Å². The second-order valence-corrected chi connectivity index (χ2v) is 4.54. The van der Waals surface area contributed by atoms with Gasteiger partial charge in [0.15, 0.2) is 0 Å². The van der Waals surface area contributed by atoms with E-state index in [1.807, 2.05) is 24.4 Å². The van der Waals surface area contributed by atoms with Crippen LogP contribution in [0.4, 0.5) is 4.39 Å². The summed E-state index contributed by atoms with van der Waals surface area (Å²) < 4.78 is 13.2. The Balaban J connectivity index is 2.12. The third-order valence-electron chi connectivity index (χ3n) is 2.95.